The monoisotopic (exact) mass is 693 g/mol. The van der Waals surface area contributed by atoms with E-state index in [4.69, 9.17) is 16.3 Å². The van der Waals surface area contributed by atoms with Crippen molar-refractivity contribution < 1.29 is 11.3 Å². The van der Waals surface area contributed by atoms with Gasteiger partial charge in [-0.05, 0) is 103 Å². The van der Waals surface area contributed by atoms with Gasteiger partial charge in [0.15, 0.2) is 0 Å². The second-order valence-corrected chi connectivity index (χ2v) is 13.5. The van der Waals surface area contributed by atoms with Crippen LogP contribution in [0.2, 0.25) is 0 Å². The van der Waals surface area contributed by atoms with Crippen molar-refractivity contribution in [2.24, 2.45) is 0 Å². The molecule has 2 aromatic heterocycles. The molecular formula is C51H32N2O. The Morgan fingerprint density at radius 2 is 1.04 bits per heavy atom. The molecule has 252 valence electrons. The van der Waals surface area contributed by atoms with Crippen molar-refractivity contribution in [1.29, 1.82) is 0 Å². The first-order valence-corrected chi connectivity index (χ1v) is 18.0. The molecule has 3 heteroatoms. The van der Waals surface area contributed by atoms with Gasteiger partial charge in [0.1, 0.15) is 17.0 Å². The molecule has 0 aliphatic rings. The lowest BCUT2D eigenvalue weighted by Gasteiger charge is -2.19. The number of imidazole rings is 1. The number of furan rings is 1. The highest BCUT2D eigenvalue weighted by molar-refractivity contribution is 6.22. The maximum Gasteiger partial charge on any atom is 0.145 e. The summed E-state index contributed by atoms with van der Waals surface area (Å²) >= 11 is 0. The highest BCUT2D eigenvalue weighted by Crippen LogP contribution is 2.46. The Morgan fingerprint density at radius 3 is 1.85 bits per heavy atom. The van der Waals surface area contributed by atoms with Gasteiger partial charge >= 0.3 is 0 Å². The molecule has 0 atom stereocenters. The van der Waals surface area contributed by atoms with Gasteiger partial charge in [0.2, 0.25) is 0 Å². The van der Waals surface area contributed by atoms with Crippen LogP contribution in [0.4, 0.5) is 0 Å². The molecule has 0 amide bonds. The predicted molar refractivity (Wildman–Crippen MR) is 225 cm³/mol. The fraction of sp³-hybridized carbons (Fsp3) is 0. The van der Waals surface area contributed by atoms with Crippen molar-refractivity contribution in [3.05, 3.63) is 194 Å². The molecule has 0 aliphatic heterocycles. The van der Waals surface area contributed by atoms with E-state index in [2.05, 4.69) is 103 Å². The summed E-state index contributed by atoms with van der Waals surface area (Å²) in [6.07, 6.45) is 0. The standard InChI is InChI=1S/C51H32N2O/c1-3-13-33(14-4-1)36-25-29-42-44(31-36)50(37-26-30-48-43(32-37)39-17-9-12-22-47(39)54-48)41-19-8-7-18-40(41)49(42)34-23-27-38(28-24-34)53-46-21-11-10-20-45(46)52-51(53)35-15-5-2-6-16-35/h1-32H/i2D,5D,6D,15D,16D. The summed E-state index contributed by atoms with van der Waals surface area (Å²) in [5.41, 5.74) is 10.6. The third-order valence-corrected chi connectivity index (χ3v) is 10.5. The lowest BCUT2D eigenvalue weighted by molar-refractivity contribution is 0.669. The zero-order valence-electron chi connectivity index (χ0n) is 33.9. The fourth-order valence-electron chi connectivity index (χ4n) is 8.09. The zero-order chi connectivity index (χ0) is 39.9. The zero-order valence-corrected chi connectivity index (χ0v) is 28.9. The van der Waals surface area contributed by atoms with Gasteiger partial charge in [-0.25, -0.2) is 4.98 Å². The third-order valence-electron chi connectivity index (χ3n) is 10.5. The highest BCUT2D eigenvalue weighted by atomic mass is 16.3. The molecule has 3 nitrogen and oxygen atoms in total. The molecule has 2 heterocycles. The van der Waals surface area contributed by atoms with E-state index >= 15 is 0 Å². The predicted octanol–water partition coefficient (Wildman–Crippen LogP) is 13.9. The fourth-order valence-corrected chi connectivity index (χ4v) is 8.09. The van der Waals surface area contributed by atoms with Crippen molar-refractivity contribution in [2.45, 2.75) is 0 Å². The number of para-hydroxylation sites is 3. The van der Waals surface area contributed by atoms with Crippen LogP contribution in [0, 0.1) is 0 Å². The van der Waals surface area contributed by atoms with Crippen LogP contribution in [-0.4, -0.2) is 9.55 Å². The lowest BCUT2D eigenvalue weighted by atomic mass is 9.84. The summed E-state index contributed by atoms with van der Waals surface area (Å²) in [5.74, 6) is 0.284. The van der Waals surface area contributed by atoms with E-state index in [1.165, 1.54) is 0 Å². The Balaban J connectivity index is 1.15. The number of aromatic nitrogens is 2. The second kappa shape index (κ2) is 12.2. The second-order valence-electron chi connectivity index (χ2n) is 13.5. The molecule has 0 radical (unpaired) electrons. The van der Waals surface area contributed by atoms with E-state index in [1.807, 2.05) is 65.2 Å². The van der Waals surface area contributed by atoms with E-state index < -0.39 is 18.1 Å². The van der Waals surface area contributed by atoms with Crippen LogP contribution in [0.25, 0.3) is 105 Å². The maximum atomic E-state index is 8.79. The summed E-state index contributed by atoms with van der Waals surface area (Å²) in [4.78, 5) is 4.85. The first kappa shape index (κ1) is 25.7. The van der Waals surface area contributed by atoms with Crippen LogP contribution >= 0.6 is 0 Å². The largest absolute Gasteiger partial charge is 0.456 e. The minimum atomic E-state index is -0.437. The smallest absolute Gasteiger partial charge is 0.145 e. The molecule has 11 rings (SSSR count). The van der Waals surface area contributed by atoms with Gasteiger partial charge in [-0.2, -0.15) is 0 Å². The highest BCUT2D eigenvalue weighted by Gasteiger charge is 2.20. The molecule has 9 aromatic carbocycles. The normalized spacial score (nSPS) is 13.0. The Bertz CT molecular complexity index is 3470. The summed E-state index contributed by atoms with van der Waals surface area (Å²) in [7, 11) is 0. The van der Waals surface area contributed by atoms with E-state index in [1.54, 1.807) is 0 Å². The van der Waals surface area contributed by atoms with Gasteiger partial charge in [0.05, 0.1) is 17.9 Å². The Hall–Kier alpha value is -7.23. The molecule has 0 saturated carbocycles. The molecule has 11 aromatic rings. The van der Waals surface area contributed by atoms with Crippen LogP contribution in [0.3, 0.4) is 0 Å². The van der Waals surface area contributed by atoms with Crippen molar-refractivity contribution in [3.63, 3.8) is 0 Å². The number of benzene rings is 9. The number of hydrogen-bond acceptors (Lipinski definition) is 2. The molecule has 0 saturated heterocycles. The molecule has 0 fully saturated rings. The van der Waals surface area contributed by atoms with Crippen LogP contribution in [0.1, 0.15) is 6.85 Å². The van der Waals surface area contributed by atoms with Gasteiger partial charge in [0.25, 0.3) is 0 Å². The maximum absolute atomic E-state index is 8.79. The average Bonchev–Trinajstić information content (AvgIpc) is 3.85. The van der Waals surface area contributed by atoms with E-state index in [9.17, 15) is 0 Å². The van der Waals surface area contributed by atoms with Gasteiger partial charge in [-0.3, -0.25) is 4.57 Å². The van der Waals surface area contributed by atoms with E-state index in [-0.39, 0.29) is 23.5 Å². The van der Waals surface area contributed by atoms with Crippen molar-refractivity contribution >= 4 is 54.5 Å². The first-order chi connectivity index (χ1) is 28.9. The average molecular weight is 694 g/mol. The number of fused-ring (bicyclic) bond motifs is 6. The van der Waals surface area contributed by atoms with Crippen molar-refractivity contribution in [1.82, 2.24) is 9.55 Å². The molecular weight excluding hydrogens is 657 g/mol. The first-order valence-electron chi connectivity index (χ1n) is 20.5. The van der Waals surface area contributed by atoms with Crippen LogP contribution in [0.5, 0.6) is 0 Å². The van der Waals surface area contributed by atoms with E-state index in [0.29, 0.717) is 5.52 Å². The Kier molecular flexibility index (Phi) is 5.79. The number of rotatable bonds is 5. The van der Waals surface area contributed by atoms with Crippen LogP contribution < -0.4 is 0 Å². The Labute approximate surface area is 319 Å². The summed E-state index contributed by atoms with van der Waals surface area (Å²) in [6, 6.07) is 54.5. The molecule has 54 heavy (non-hydrogen) atoms. The third kappa shape index (κ3) is 4.79. The SMILES string of the molecule is [2H]c1c([2H])c([2H])c(-c2nc3ccccc3n2-c2ccc(-c3c4ccccc4c(-c4ccc5oc6ccccc6c5c4)c4cc(-c5ccccc5)ccc34)cc2)c([2H])c1[2H]. The number of nitrogens with zero attached hydrogens (tertiary/aromatic N) is 2. The quantitative estimate of drug-likeness (QED) is 0.168. The molecule has 0 N–H and O–H groups in total. The van der Waals surface area contributed by atoms with Crippen LogP contribution in [-0.2, 0) is 0 Å². The summed E-state index contributed by atoms with van der Waals surface area (Å²) in [6.45, 7) is 0. The lowest BCUT2D eigenvalue weighted by Crippen LogP contribution is -1.98. The molecule has 0 spiro atoms. The van der Waals surface area contributed by atoms with Gasteiger partial charge in [-0.15, -0.1) is 0 Å². The van der Waals surface area contributed by atoms with Crippen molar-refractivity contribution in [3.8, 4) is 50.5 Å². The van der Waals surface area contributed by atoms with E-state index in [0.717, 1.165) is 88.1 Å². The minimum Gasteiger partial charge on any atom is -0.456 e. The van der Waals surface area contributed by atoms with Gasteiger partial charge in [0, 0.05) is 22.0 Å². The van der Waals surface area contributed by atoms with Gasteiger partial charge in [-0.1, -0.05) is 145 Å². The Morgan fingerprint density at radius 1 is 0.426 bits per heavy atom. The molecule has 0 unspecified atom stereocenters. The van der Waals surface area contributed by atoms with Crippen LogP contribution in [0.15, 0.2) is 198 Å². The summed E-state index contributed by atoms with van der Waals surface area (Å²) < 4.78 is 50.7. The topological polar surface area (TPSA) is 31.0 Å². The van der Waals surface area contributed by atoms with Crippen molar-refractivity contribution in [2.75, 3.05) is 0 Å². The molecule has 0 aliphatic carbocycles. The minimum absolute atomic E-state index is 0.0553. The van der Waals surface area contributed by atoms with Gasteiger partial charge < -0.3 is 4.42 Å². The molecule has 0 bridgehead atoms. The summed E-state index contributed by atoms with van der Waals surface area (Å²) in [5, 5.41) is 6.63. The number of hydrogen-bond donors (Lipinski definition) is 0.